The van der Waals surface area contributed by atoms with Crippen LogP contribution in [0.2, 0.25) is 0 Å². The van der Waals surface area contributed by atoms with Crippen molar-refractivity contribution in [2.24, 2.45) is 0 Å². The molecule has 10 nitrogen and oxygen atoms in total. The van der Waals surface area contributed by atoms with Crippen LogP contribution in [0.15, 0.2) is 48.8 Å². The monoisotopic (exact) mass is 327 g/mol. The number of carbonyl (C=O) groups excluding carboxylic acids is 1. The molecule has 0 aliphatic heterocycles. The summed E-state index contributed by atoms with van der Waals surface area (Å²) in [5.41, 5.74) is 2.47. The molecule has 0 saturated heterocycles. The quantitative estimate of drug-likeness (QED) is 0.577. The SMILES string of the molecule is O=C(Nn1cnc2ccccc21)c1cc([N+](=O)[O-])cc([N+](=O)[O-])c1. The van der Waals surface area contributed by atoms with Crippen molar-refractivity contribution in [2.45, 2.75) is 0 Å². The van der Waals surface area contributed by atoms with E-state index in [1.54, 1.807) is 24.3 Å². The normalized spacial score (nSPS) is 10.5. The maximum Gasteiger partial charge on any atom is 0.277 e. The lowest BCUT2D eigenvalue weighted by atomic mass is 10.1. The largest absolute Gasteiger partial charge is 0.277 e. The smallest absolute Gasteiger partial charge is 0.267 e. The summed E-state index contributed by atoms with van der Waals surface area (Å²) in [5, 5.41) is 21.8. The zero-order valence-corrected chi connectivity index (χ0v) is 11.9. The summed E-state index contributed by atoms with van der Waals surface area (Å²) in [4.78, 5) is 36.6. The van der Waals surface area contributed by atoms with Crippen molar-refractivity contribution in [3.05, 3.63) is 74.6 Å². The molecule has 2 aromatic carbocycles. The predicted molar refractivity (Wildman–Crippen MR) is 83.2 cm³/mol. The molecular formula is C14H9N5O5. The summed E-state index contributed by atoms with van der Waals surface area (Å²) < 4.78 is 1.34. The van der Waals surface area contributed by atoms with Gasteiger partial charge >= 0.3 is 0 Å². The highest BCUT2D eigenvalue weighted by Gasteiger charge is 2.20. The van der Waals surface area contributed by atoms with Gasteiger partial charge in [-0.25, -0.2) is 9.66 Å². The highest BCUT2D eigenvalue weighted by Crippen LogP contribution is 2.23. The van der Waals surface area contributed by atoms with Gasteiger partial charge in [0.2, 0.25) is 0 Å². The van der Waals surface area contributed by atoms with Gasteiger partial charge in [0.05, 0.1) is 32.5 Å². The number of benzene rings is 2. The molecule has 0 unspecified atom stereocenters. The number of nitro benzene ring substituents is 2. The Hall–Kier alpha value is -3.82. The molecule has 3 rings (SSSR count). The van der Waals surface area contributed by atoms with Gasteiger partial charge in [-0.1, -0.05) is 12.1 Å². The lowest BCUT2D eigenvalue weighted by molar-refractivity contribution is -0.394. The summed E-state index contributed by atoms with van der Waals surface area (Å²) in [7, 11) is 0. The molecule has 1 amide bonds. The first-order valence-corrected chi connectivity index (χ1v) is 6.63. The Labute approximate surface area is 133 Å². The number of hydrogen-bond acceptors (Lipinski definition) is 6. The highest BCUT2D eigenvalue weighted by molar-refractivity contribution is 6.01. The molecule has 1 heterocycles. The Morgan fingerprint density at radius 1 is 1.04 bits per heavy atom. The number of nitrogens with zero attached hydrogens (tertiary/aromatic N) is 4. The number of nitro groups is 2. The minimum absolute atomic E-state index is 0.200. The second-order valence-corrected chi connectivity index (χ2v) is 4.80. The van der Waals surface area contributed by atoms with Crippen molar-refractivity contribution in [3.63, 3.8) is 0 Å². The van der Waals surface area contributed by atoms with Crippen molar-refractivity contribution < 1.29 is 14.6 Å². The zero-order chi connectivity index (χ0) is 17.3. The van der Waals surface area contributed by atoms with E-state index in [4.69, 9.17) is 0 Å². The number of amides is 1. The van der Waals surface area contributed by atoms with Crippen molar-refractivity contribution in [1.29, 1.82) is 0 Å². The Balaban J connectivity index is 1.97. The van der Waals surface area contributed by atoms with Gasteiger partial charge < -0.3 is 0 Å². The molecule has 0 spiro atoms. The van der Waals surface area contributed by atoms with E-state index < -0.39 is 27.1 Å². The van der Waals surface area contributed by atoms with Crippen molar-refractivity contribution in [2.75, 3.05) is 5.43 Å². The molecule has 120 valence electrons. The summed E-state index contributed by atoms with van der Waals surface area (Å²) in [6.07, 6.45) is 1.37. The molecule has 0 fully saturated rings. The Bertz CT molecular complexity index is 948. The fourth-order valence-electron chi connectivity index (χ4n) is 2.16. The van der Waals surface area contributed by atoms with Crippen molar-refractivity contribution >= 4 is 28.3 Å². The van der Waals surface area contributed by atoms with Gasteiger partial charge in [0.15, 0.2) is 0 Å². The van der Waals surface area contributed by atoms with Crippen LogP contribution in [0, 0.1) is 20.2 Å². The summed E-state index contributed by atoms with van der Waals surface area (Å²) in [6, 6.07) is 9.75. The fraction of sp³-hybridized carbons (Fsp3) is 0. The average Bonchev–Trinajstić information content (AvgIpc) is 2.97. The van der Waals surface area contributed by atoms with E-state index in [1.807, 2.05) is 0 Å². The maximum atomic E-state index is 12.3. The first-order chi connectivity index (χ1) is 11.5. The second kappa shape index (κ2) is 5.76. The fourth-order valence-corrected chi connectivity index (χ4v) is 2.16. The lowest BCUT2D eigenvalue weighted by Gasteiger charge is -2.07. The third-order valence-electron chi connectivity index (χ3n) is 3.26. The van der Waals surface area contributed by atoms with Gasteiger partial charge in [-0.2, -0.15) is 0 Å². The molecule has 10 heteroatoms. The number of rotatable bonds is 4. The minimum Gasteiger partial charge on any atom is -0.267 e. The van der Waals surface area contributed by atoms with E-state index in [2.05, 4.69) is 10.4 Å². The lowest BCUT2D eigenvalue weighted by Crippen LogP contribution is -2.22. The van der Waals surface area contributed by atoms with Crippen LogP contribution in [-0.2, 0) is 0 Å². The molecule has 0 atom stereocenters. The number of fused-ring (bicyclic) bond motifs is 1. The third kappa shape index (κ3) is 2.75. The molecule has 0 aliphatic carbocycles. The molecule has 24 heavy (non-hydrogen) atoms. The molecular weight excluding hydrogens is 318 g/mol. The Morgan fingerprint density at radius 3 is 2.29 bits per heavy atom. The Morgan fingerprint density at radius 2 is 1.67 bits per heavy atom. The summed E-state index contributed by atoms with van der Waals surface area (Å²) >= 11 is 0. The number of para-hydroxylation sites is 2. The van der Waals surface area contributed by atoms with Gasteiger partial charge in [0, 0.05) is 12.1 Å². The second-order valence-electron chi connectivity index (χ2n) is 4.80. The van der Waals surface area contributed by atoms with E-state index in [-0.39, 0.29) is 5.56 Å². The van der Waals surface area contributed by atoms with Crippen LogP contribution in [0.5, 0.6) is 0 Å². The number of aromatic nitrogens is 2. The van der Waals surface area contributed by atoms with Gasteiger partial charge in [-0.3, -0.25) is 30.4 Å². The molecule has 1 N–H and O–H groups in total. The van der Waals surface area contributed by atoms with Crippen LogP contribution in [0.25, 0.3) is 11.0 Å². The van der Waals surface area contributed by atoms with E-state index in [1.165, 1.54) is 11.0 Å². The van der Waals surface area contributed by atoms with Gasteiger partial charge in [0.25, 0.3) is 17.3 Å². The molecule has 1 aromatic heterocycles. The zero-order valence-electron chi connectivity index (χ0n) is 11.9. The third-order valence-corrected chi connectivity index (χ3v) is 3.26. The number of non-ortho nitro benzene ring substituents is 2. The number of nitrogens with one attached hydrogen (secondary N) is 1. The van der Waals surface area contributed by atoms with Crippen LogP contribution in [0.1, 0.15) is 10.4 Å². The highest BCUT2D eigenvalue weighted by atomic mass is 16.6. The first-order valence-electron chi connectivity index (χ1n) is 6.63. The maximum absolute atomic E-state index is 12.3. The van der Waals surface area contributed by atoms with Crippen LogP contribution in [-0.4, -0.2) is 25.4 Å². The number of hydrogen-bond donors (Lipinski definition) is 1. The minimum atomic E-state index is -0.795. The van der Waals surface area contributed by atoms with Gasteiger partial charge in [0.1, 0.15) is 6.33 Å². The first kappa shape index (κ1) is 15.1. The van der Waals surface area contributed by atoms with Crippen LogP contribution in [0.4, 0.5) is 11.4 Å². The Kier molecular flexibility index (Phi) is 3.62. The van der Waals surface area contributed by atoms with Crippen LogP contribution >= 0.6 is 0 Å². The van der Waals surface area contributed by atoms with E-state index in [0.717, 1.165) is 18.2 Å². The molecule has 0 radical (unpaired) electrons. The van der Waals surface area contributed by atoms with E-state index in [9.17, 15) is 25.0 Å². The van der Waals surface area contributed by atoms with E-state index >= 15 is 0 Å². The van der Waals surface area contributed by atoms with E-state index in [0.29, 0.717) is 11.0 Å². The standard InChI is InChI=1S/C14H9N5O5/c20-14(16-17-8-15-12-3-1-2-4-13(12)17)9-5-10(18(21)22)7-11(6-9)19(23)24/h1-8H,(H,16,20). The number of imidazole rings is 1. The average molecular weight is 327 g/mol. The van der Waals surface area contributed by atoms with Crippen LogP contribution in [0.3, 0.4) is 0 Å². The molecule has 0 aliphatic rings. The topological polar surface area (TPSA) is 133 Å². The van der Waals surface area contributed by atoms with Gasteiger partial charge in [-0.15, -0.1) is 0 Å². The summed E-state index contributed by atoms with van der Waals surface area (Å²) in [6.45, 7) is 0. The number of carbonyl (C=O) groups is 1. The molecule has 0 saturated carbocycles. The summed E-state index contributed by atoms with van der Waals surface area (Å²) in [5.74, 6) is -0.732. The van der Waals surface area contributed by atoms with Crippen molar-refractivity contribution in [1.82, 2.24) is 9.66 Å². The van der Waals surface area contributed by atoms with Crippen molar-refractivity contribution in [3.8, 4) is 0 Å². The van der Waals surface area contributed by atoms with Crippen LogP contribution < -0.4 is 5.43 Å². The predicted octanol–water partition coefficient (Wildman–Crippen LogP) is 2.24. The molecule has 3 aromatic rings. The molecule has 0 bridgehead atoms. The van der Waals surface area contributed by atoms with Gasteiger partial charge in [-0.05, 0) is 12.1 Å².